The lowest BCUT2D eigenvalue weighted by molar-refractivity contribution is -0.141. The molecule has 8 heteroatoms. The quantitative estimate of drug-likeness (QED) is 0.809. The van der Waals surface area contributed by atoms with Gasteiger partial charge in [-0.2, -0.15) is 13.2 Å². The molecule has 0 bridgehead atoms. The molecule has 1 aromatic rings. The Bertz CT molecular complexity index is 349. The maximum atomic E-state index is 12.3. The molecule has 102 valence electrons. The van der Waals surface area contributed by atoms with Crippen LogP contribution in [0, 0.1) is 0 Å². The number of alkyl halides is 3. The highest BCUT2D eigenvalue weighted by atomic mass is 19.4. The van der Waals surface area contributed by atoms with Crippen molar-refractivity contribution in [3.05, 3.63) is 17.8 Å². The molecule has 5 nitrogen and oxygen atoms in total. The van der Waals surface area contributed by atoms with Gasteiger partial charge in [-0.25, -0.2) is 0 Å². The molecule has 1 atom stereocenters. The molecule has 0 aliphatic carbocycles. The first-order valence-corrected chi connectivity index (χ1v) is 5.34. The fourth-order valence-electron chi connectivity index (χ4n) is 1.37. The Morgan fingerprint density at radius 1 is 1.39 bits per heavy atom. The molecule has 0 aromatic carbocycles. The highest BCUT2D eigenvalue weighted by Crippen LogP contribution is 2.27. The second-order valence-electron chi connectivity index (χ2n) is 3.68. The summed E-state index contributed by atoms with van der Waals surface area (Å²) in [5, 5.41) is 9.50. The third-order valence-electron chi connectivity index (χ3n) is 2.19. The molecule has 0 amide bonds. The molecule has 1 heterocycles. The first kappa shape index (κ1) is 14.7. The highest BCUT2D eigenvalue weighted by Gasteiger charge is 2.32. The van der Waals surface area contributed by atoms with Crippen molar-refractivity contribution in [2.75, 3.05) is 25.6 Å². The van der Waals surface area contributed by atoms with E-state index in [9.17, 15) is 13.2 Å². The molecule has 3 N–H and O–H groups in total. The molecule has 0 saturated heterocycles. The number of anilines is 1. The second kappa shape index (κ2) is 6.50. The third-order valence-corrected chi connectivity index (χ3v) is 2.19. The van der Waals surface area contributed by atoms with Gasteiger partial charge in [-0.1, -0.05) is 0 Å². The van der Waals surface area contributed by atoms with Gasteiger partial charge in [0.1, 0.15) is 5.82 Å². The van der Waals surface area contributed by atoms with E-state index in [-0.39, 0.29) is 11.9 Å². The van der Waals surface area contributed by atoms with E-state index in [4.69, 9.17) is 10.5 Å². The molecule has 0 fully saturated rings. The van der Waals surface area contributed by atoms with Gasteiger partial charge in [-0.15, -0.1) is 10.2 Å². The van der Waals surface area contributed by atoms with Gasteiger partial charge in [0.05, 0.1) is 12.6 Å². The van der Waals surface area contributed by atoms with Crippen molar-refractivity contribution in [1.29, 1.82) is 0 Å². The smallest absolute Gasteiger partial charge is 0.383 e. The number of aromatic nitrogens is 2. The van der Waals surface area contributed by atoms with Crippen molar-refractivity contribution < 1.29 is 17.9 Å². The number of nitrogens with one attached hydrogen (secondary N) is 1. The monoisotopic (exact) mass is 264 g/mol. The molecule has 1 aromatic heterocycles. The Hall–Kier alpha value is -1.41. The van der Waals surface area contributed by atoms with Crippen LogP contribution in [0.25, 0.3) is 0 Å². The first-order valence-electron chi connectivity index (χ1n) is 5.34. The van der Waals surface area contributed by atoms with E-state index in [0.29, 0.717) is 19.6 Å². The lowest BCUT2D eigenvalue weighted by atomic mass is 10.2. The van der Waals surface area contributed by atoms with E-state index >= 15 is 0 Å². The number of rotatable bonds is 6. The van der Waals surface area contributed by atoms with Crippen molar-refractivity contribution in [2.45, 2.75) is 18.6 Å². The van der Waals surface area contributed by atoms with Crippen LogP contribution in [0.5, 0.6) is 0 Å². The average Bonchev–Trinajstić information content (AvgIpc) is 2.29. The van der Waals surface area contributed by atoms with Gasteiger partial charge in [0.15, 0.2) is 5.69 Å². The summed E-state index contributed by atoms with van der Waals surface area (Å²) < 4.78 is 41.8. The number of hydrogen-bond donors (Lipinski definition) is 2. The summed E-state index contributed by atoms with van der Waals surface area (Å²) in [7, 11) is 1.53. The summed E-state index contributed by atoms with van der Waals surface area (Å²) >= 11 is 0. The summed E-state index contributed by atoms with van der Waals surface area (Å²) in [5.74, 6) is 0.263. The molecule has 0 aliphatic heterocycles. The standard InChI is InChI=1S/C10H15F3N4O/c1-18-6-7(4-5-14)15-9-3-2-8(16-17-9)10(11,12)13/h2-3,7H,4-6,14H2,1H3,(H,15,17). The van der Waals surface area contributed by atoms with E-state index in [1.54, 1.807) is 0 Å². The minimum atomic E-state index is -4.48. The van der Waals surface area contributed by atoms with E-state index in [0.717, 1.165) is 6.07 Å². The molecule has 18 heavy (non-hydrogen) atoms. The zero-order chi connectivity index (χ0) is 13.6. The summed E-state index contributed by atoms with van der Waals surface area (Å²) in [6, 6.07) is 2.00. The molecular formula is C10H15F3N4O. The van der Waals surface area contributed by atoms with Crippen LogP contribution in [0.4, 0.5) is 19.0 Å². The Morgan fingerprint density at radius 3 is 2.56 bits per heavy atom. The summed E-state index contributed by atoms with van der Waals surface area (Å²) in [6.07, 6.45) is -3.86. The number of nitrogens with zero attached hydrogens (tertiary/aromatic N) is 2. The maximum Gasteiger partial charge on any atom is 0.435 e. The third kappa shape index (κ3) is 4.46. The summed E-state index contributed by atoms with van der Waals surface area (Å²) in [6.45, 7) is 0.828. The van der Waals surface area contributed by atoms with Crippen LogP contribution >= 0.6 is 0 Å². The SMILES string of the molecule is COCC(CCN)Nc1ccc(C(F)(F)F)nn1. The highest BCUT2D eigenvalue weighted by molar-refractivity contribution is 5.34. The van der Waals surface area contributed by atoms with Gasteiger partial charge in [-0.05, 0) is 25.1 Å². The molecule has 0 radical (unpaired) electrons. The summed E-state index contributed by atoms with van der Waals surface area (Å²) in [5.41, 5.74) is 4.40. The van der Waals surface area contributed by atoms with Gasteiger partial charge in [-0.3, -0.25) is 0 Å². The number of nitrogens with two attached hydrogens (primary N) is 1. The molecule has 0 aliphatic rings. The van der Waals surface area contributed by atoms with Gasteiger partial charge < -0.3 is 15.8 Å². The van der Waals surface area contributed by atoms with Gasteiger partial charge >= 0.3 is 6.18 Å². The van der Waals surface area contributed by atoms with Crippen molar-refractivity contribution in [3.8, 4) is 0 Å². The summed E-state index contributed by atoms with van der Waals surface area (Å²) in [4.78, 5) is 0. The van der Waals surface area contributed by atoms with Crippen molar-refractivity contribution in [1.82, 2.24) is 10.2 Å². The van der Waals surface area contributed by atoms with Gasteiger partial charge in [0.25, 0.3) is 0 Å². The van der Waals surface area contributed by atoms with Crippen LogP contribution in [-0.4, -0.2) is 36.5 Å². The molecular weight excluding hydrogens is 249 g/mol. The van der Waals surface area contributed by atoms with Crippen LogP contribution in [-0.2, 0) is 10.9 Å². The fraction of sp³-hybridized carbons (Fsp3) is 0.600. The maximum absolute atomic E-state index is 12.3. The minimum Gasteiger partial charge on any atom is -0.383 e. The van der Waals surface area contributed by atoms with Crippen LogP contribution < -0.4 is 11.1 Å². The fourth-order valence-corrected chi connectivity index (χ4v) is 1.37. The topological polar surface area (TPSA) is 73.1 Å². The second-order valence-corrected chi connectivity index (χ2v) is 3.68. The van der Waals surface area contributed by atoms with E-state index < -0.39 is 11.9 Å². The predicted molar refractivity (Wildman–Crippen MR) is 60.0 cm³/mol. The number of halogens is 3. The Kier molecular flexibility index (Phi) is 5.29. The Labute approximate surface area is 103 Å². The number of methoxy groups -OCH3 is 1. The normalized spacial score (nSPS) is 13.4. The zero-order valence-electron chi connectivity index (χ0n) is 9.87. The van der Waals surface area contributed by atoms with Crippen molar-refractivity contribution in [3.63, 3.8) is 0 Å². The number of hydrogen-bond acceptors (Lipinski definition) is 5. The van der Waals surface area contributed by atoms with Gasteiger partial charge in [0.2, 0.25) is 0 Å². The molecule has 0 saturated carbocycles. The van der Waals surface area contributed by atoms with Crippen LogP contribution in [0.1, 0.15) is 12.1 Å². The average molecular weight is 264 g/mol. The molecule has 0 spiro atoms. The van der Waals surface area contributed by atoms with Crippen LogP contribution in [0.2, 0.25) is 0 Å². The van der Waals surface area contributed by atoms with E-state index in [2.05, 4.69) is 15.5 Å². The lowest BCUT2D eigenvalue weighted by Gasteiger charge is -2.17. The van der Waals surface area contributed by atoms with E-state index in [1.807, 2.05) is 0 Å². The van der Waals surface area contributed by atoms with Crippen LogP contribution in [0.15, 0.2) is 12.1 Å². The largest absolute Gasteiger partial charge is 0.435 e. The van der Waals surface area contributed by atoms with Gasteiger partial charge in [0, 0.05) is 7.11 Å². The van der Waals surface area contributed by atoms with E-state index in [1.165, 1.54) is 13.2 Å². The minimum absolute atomic E-state index is 0.106. The Morgan fingerprint density at radius 2 is 2.11 bits per heavy atom. The first-order chi connectivity index (χ1) is 8.47. The van der Waals surface area contributed by atoms with Crippen molar-refractivity contribution in [2.24, 2.45) is 5.73 Å². The predicted octanol–water partition coefficient (Wildman–Crippen LogP) is 1.27. The molecule has 1 rings (SSSR count). The van der Waals surface area contributed by atoms with Crippen LogP contribution in [0.3, 0.4) is 0 Å². The lowest BCUT2D eigenvalue weighted by Crippen LogP contribution is -2.28. The van der Waals surface area contributed by atoms with Crippen molar-refractivity contribution >= 4 is 5.82 Å². The zero-order valence-corrected chi connectivity index (χ0v) is 9.87. The Balaban J connectivity index is 2.67. The molecule has 1 unspecified atom stereocenters. The number of ether oxygens (including phenoxy) is 1.